The molecular weight excluding hydrogens is 230 g/mol. The maximum absolute atomic E-state index is 12.2. The highest BCUT2D eigenvalue weighted by Gasteiger charge is 2.27. The highest BCUT2D eigenvalue weighted by atomic mass is 16.4. The van der Waals surface area contributed by atoms with Crippen LogP contribution in [0.3, 0.4) is 0 Å². The Morgan fingerprint density at radius 3 is 2.33 bits per heavy atom. The lowest BCUT2D eigenvalue weighted by atomic mass is 9.86. The van der Waals surface area contributed by atoms with Crippen LogP contribution >= 0.6 is 0 Å². The summed E-state index contributed by atoms with van der Waals surface area (Å²) in [5, 5.41) is 8.95. The van der Waals surface area contributed by atoms with Gasteiger partial charge >= 0.3 is 6.09 Å². The number of ketones is 1. The summed E-state index contributed by atoms with van der Waals surface area (Å²) >= 11 is 0. The van der Waals surface area contributed by atoms with Crippen LogP contribution in [0, 0.1) is 5.41 Å². The van der Waals surface area contributed by atoms with E-state index in [1.54, 1.807) is 6.07 Å². The lowest BCUT2D eigenvalue weighted by molar-refractivity contribution is 0.0858. The van der Waals surface area contributed by atoms with Gasteiger partial charge in [0.1, 0.15) is 0 Å². The van der Waals surface area contributed by atoms with Crippen molar-refractivity contribution in [1.82, 2.24) is 4.90 Å². The Balaban J connectivity index is 2.29. The second kappa shape index (κ2) is 4.12. The molecule has 1 N–H and O–H groups in total. The SMILES string of the molecule is CC(C)(C)C(=O)c1ccc2c(c1)CN(C(=O)O)C2. The van der Waals surface area contributed by atoms with E-state index in [1.807, 2.05) is 32.9 Å². The summed E-state index contributed by atoms with van der Waals surface area (Å²) in [5.74, 6) is 0.0825. The summed E-state index contributed by atoms with van der Waals surface area (Å²) < 4.78 is 0. The summed E-state index contributed by atoms with van der Waals surface area (Å²) in [6.45, 7) is 6.43. The lowest BCUT2D eigenvalue weighted by Gasteiger charge is -2.17. The number of nitrogens with zero attached hydrogens (tertiary/aromatic N) is 1. The van der Waals surface area contributed by atoms with E-state index < -0.39 is 11.5 Å². The fraction of sp³-hybridized carbons (Fsp3) is 0.429. The van der Waals surface area contributed by atoms with E-state index in [2.05, 4.69) is 0 Å². The third-order valence-electron chi connectivity index (χ3n) is 3.14. The van der Waals surface area contributed by atoms with Crippen molar-refractivity contribution in [2.45, 2.75) is 33.9 Å². The number of rotatable bonds is 1. The second-order valence-electron chi connectivity index (χ2n) is 5.70. The van der Waals surface area contributed by atoms with Crippen molar-refractivity contribution in [3.8, 4) is 0 Å². The minimum absolute atomic E-state index is 0.0825. The van der Waals surface area contributed by atoms with E-state index in [4.69, 9.17) is 5.11 Å². The molecule has 96 valence electrons. The number of fused-ring (bicyclic) bond motifs is 1. The third kappa shape index (κ3) is 2.23. The Bertz CT molecular complexity index is 514. The van der Waals surface area contributed by atoms with Gasteiger partial charge < -0.3 is 5.11 Å². The molecule has 0 fully saturated rings. The van der Waals surface area contributed by atoms with Gasteiger partial charge in [0, 0.05) is 24.1 Å². The van der Waals surface area contributed by atoms with Crippen molar-refractivity contribution < 1.29 is 14.7 Å². The maximum Gasteiger partial charge on any atom is 0.407 e. The van der Waals surface area contributed by atoms with E-state index in [0.717, 1.165) is 11.1 Å². The predicted octanol–water partition coefficient (Wildman–Crippen LogP) is 2.91. The summed E-state index contributed by atoms with van der Waals surface area (Å²) in [7, 11) is 0. The first-order chi connectivity index (χ1) is 8.29. The molecule has 0 bridgehead atoms. The van der Waals surface area contributed by atoms with Crippen LogP contribution in [0.4, 0.5) is 4.79 Å². The highest BCUT2D eigenvalue weighted by molar-refractivity contribution is 6.00. The van der Waals surface area contributed by atoms with Gasteiger partial charge in [-0.15, -0.1) is 0 Å². The monoisotopic (exact) mass is 247 g/mol. The van der Waals surface area contributed by atoms with Gasteiger partial charge in [-0.1, -0.05) is 32.9 Å². The quantitative estimate of drug-likeness (QED) is 0.776. The van der Waals surface area contributed by atoms with Crippen molar-refractivity contribution >= 4 is 11.9 Å². The van der Waals surface area contributed by atoms with Gasteiger partial charge in [-0.25, -0.2) is 4.79 Å². The molecule has 4 nitrogen and oxygen atoms in total. The highest BCUT2D eigenvalue weighted by Crippen LogP contribution is 2.27. The summed E-state index contributed by atoms with van der Waals surface area (Å²) in [6.07, 6.45) is -0.921. The predicted molar refractivity (Wildman–Crippen MR) is 67.5 cm³/mol. The van der Waals surface area contributed by atoms with Crippen LogP contribution < -0.4 is 0 Å². The molecule has 1 aliphatic rings. The smallest absolute Gasteiger partial charge is 0.407 e. The molecule has 4 heteroatoms. The first-order valence-electron chi connectivity index (χ1n) is 5.93. The Labute approximate surface area is 106 Å². The standard InChI is InChI=1S/C14H17NO3/c1-14(2,3)12(16)9-4-5-10-7-15(13(17)18)8-11(10)6-9/h4-6H,7-8H2,1-3H3,(H,17,18). The Morgan fingerprint density at radius 1 is 1.17 bits per heavy atom. The summed E-state index contributed by atoms with van der Waals surface area (Å²) in [4.78, 5) is 24.4. The van der Waals surface area contributed by atoms with Gasteiger partial charge in [-0.2, -0.15) is 0 Å². The molecule has 1 amide bonds. The van der Waals surface area contributed by atoms with Gasteiger partial charge in [0.25, 0.3) is 0 Å². The zero-order chi connectivity index (χ0) is 13.5. The van der Waals surface area contributed by atoms with Crippen LogP contribution in [0.5, 0.6) is 0 Å². The number of benzene rings is 1. The van der Waals surface area contributed by atoms with E-state index >= 15 is 0 Å². The molecule has 1 aromatic carbocycles. The van der Waals surface area contributed by atoms with Crippen molar-refractivity contribution in [2.24, 2.45) is 5.41 Å². The van der Waals surface area contributed by atoms with Crippen LogP contribution in [0.1, 0.15) is 42.3 Å². The summed E-state index contributed by atoms with van der Waals surface area (Å²) in [6, 6.07) is 5.47. The second-order valence-corrected chi connectivity index (χ2v) is 5.70. The molecule has 0 aromatic heterocycles. The normalized spacial score (nSPS) is 14.5. The van der Waals surface area contributed by atoms with Crippen molar-refractivity contribution in [2.75, 3.05) is 0 Å². The number of hydrogen-bond acceptors (Lipinski definition) is 2. The maximum atomic E-state index is 12.2. The first kappa shape index (κ1) is 12.6. The fourth-order valence-corrected chi connectivity index (χ4v) is 2.10. The molecule has 0 radical (unpaired) electrons. The van der Waals surface area contributed by atoms with E-state index in [9.17, 15) is 9.59 Å². The lowest BCUT2D eigenvalue weighted by Crippen LogP contribution is -2.22. The van der Waals surface area contributed by atoms with Crippen LogP contribution in [0.25, 0.3) is 0 Å². The first-order valence-corrected chi connectivity index (χ1v) is 5.93. The van der Waals surface area contributed by atoms with Crippen LogP contribution in [0.15, 0.2) is 18.2 Å². The molecule has 18 heavy (non-hydrogen) atoms. The van der Waals surface area contributed by atoms with Crippen molar-refractivity contribution in [3.05, 3.63) is 34.9 Å². The van der Waals surface area contributed by atoms with Gasteiger partial charge in [-0.05, 0) is 17.2 Å². The molecule has 0 saturated carbocycles. The molecule has 2 rings (SSSR count). The Kier molecular flexibility index (Phi) is 2.89. The van der Waals surface area contributed by atoms with E-state index in [-0.39, 0.29) is 5.78 Å². The van der Waals surface area contributed by atoms with Gasteiger partial charge in [-0.3, -0.25) is 9.69 Å². The molecular formula is C14H17NO3. The fourth-order valence-electron chi connectivity index (χ4n) is 2.10. The van der Waals surface area contributed by atoms with Crippen LogP contribution in [-0.4, -0.2) is 21.9 Å². The number of hydrogen-bond donors (Lipinski definition) is 1. The zero-order valence-corrected chi connectivity index (χ0v) is 10.9. The Hall–Kier alpha value is -1.84. The van der Waals surface area contributed by atoms with Gasteiger partial charge in [0.15, 0.2) is 5.78 Å². The van der Waals surface area contributed by atoms with Gasteiger partial charge in [0.05, 0.1) is 0 Å². The van der Waals surface area contributed by atoms with Gasteiger partial charge in [0.2, 0.25) is 0 Å². The van der Waals surface area contributed by atoms with Crippen LogP contribution in [0.2, 0.25) is 0 Å². The largest absolute Gasteiger partial charge is 0.465 e. The molecule has 1 heterocycles. The molecule has 1 aliphatic heterocycles. The molecule has 0 saturated heterocycles. The average Bonchev–Trinajstić information content (AvgIpc) is 2.69. The topological polar surface area (TPSA) is 57.6 Å². The average molecular weight is 247 g/mol. The van der Waals surface area contributed by atoms with E-state index in [1.165, 1.54) is 4.90 Å². The third-order valence-corrected chi connectivity index (χ3v) is 3.14. The number of carbonyl (C=O) groups excluding carboxylic acids is 1. The number of amides is 1. The molecule has 0 atom stereocenters. The minimum atomic E-state index is -0.921. The molecule has 0 spiro atoms. The Morgan fingerprint density at radius 2 is 1.78 bits per heavy atom. The van der Waals surface area contributed by atoms with Crippen molar-refractivity contribution in [3.63, 3.8) is 0 Å². The molecule has 1 aromatic rings. The number of carboxylic acid groups (broad SMARTS) is 1. The van der Waals surface area contributed by atoms with Crippen molar-refractivity contribution in [1.29, 1.82) is 0 Å². The minimum Gasteiger partial charge on any atom is -0.465 e. The number of carbonyl (C=O) groups is 2. The zero-order valence-electron chi connectivity index (χ0n) is 10.9. The molecule has 0 aliphatic carbocycles. The summed E-state index contributed by atoms with van der Waals surface area (Å²) in [5.41, 5.74) is 2.17. The van der Waals surface area contributed by atoms with Crippen LogP contribution in [-0.2, 0) is 13.1 Å². The van der Waals surface area contributed by atoms with E-state index in [0.29, 0.717) is 18.7 Å². The molecule has 0 unspecified atom stereocenters. The number of Topliss-reactive ketones (excluding diaryl/α,β-unsaturated/α-hetero) is 1.